The van der Waals surface area contributed by atoms with Crippen molar-refractivity contribution in [1.82, 2.24) is 15.5 Å². The summed E-state index contributed by atoms with van der Waals surface area (Å²) < 4.78 is 0. The normalized spacial score (nSPS) is 21.0. The molecule has 0 atom stereocenters. The van der Waals surface area contributed by atoms with Gasteiger partial charge in [-0.2, -0.15) is 0 Å². The topological polar surface area (TPSA) is 58.1 Å². The summed E-state index contributed by atoms with van der Waals surface area (Å²) >= 11 is 0. The van der Waals surface area contributed by atoms with Crippen LogP contribution in [0.1, 0.15) is 68.8 Å². The maximum absolute atomic E-state index is 12.3. The minimum absolute atomic E-state index is 0.0804. The zero-order valence-electron chi connectivity index (χ0n) is 14.1. The third-order valence-corrected chi connectivity index (χ3v) is 5.18. The summed E-state index contributed by atoms with van der Waals surface area (Å²) in [5, 5.41) is 11.6. The van der Waals surface area contributed by atoms with Gasteiger partial charge in [0.2, 0.25) is 0 Å². The molecular formula is C18H28N4O. The van der Waals surface area contributed by atoms with Gasteiger partial charge in [-0.25, -0.2) is 0 Å². The van der Waals surface area contributed by atoms with Crippen molar-refractivity contribution in [2.45, 2.75) is 64.3 Å². The Balaban J connectivity index is 1.56. The molecule has 0 bridgehead atoms. The van der Waals surface area contributed by atoms with E-state index in [1.54, 1.807) is 0 Å². The van der Waals surface area contributed by atoms with E-state index in [-0.39, 0.29) is 5.91 Å². The van der Waals surface area contributed by atoms with E-state index in [1.165, 1.54) is 38.5 Å². The second-order valence-electron chi connectivity index (χ2n) is 7.11. The number of hydrogen-bond donors (Lipinski definition) is 1. The number of aromatic nitrogens is 2. The number of hydrogen-bond acceptors (Lipinski definition) is 4. The smallest absolute Gasteiger partial charge is 0.272 e. The molecule has 5 nitrogen and oxygen atoms in total. The Labute approximate surface area is 138 Å². The SMILES string of the molecule is CC1CCN(c2ccc(C(=O)NC3CCCCCC3)nn2)CC1. The van der Waals surface area contributed by atoms with Crippen LogP contribution in [-0.2, 0) is 0 Å². The van der Waals surface area contributed by atoms with Crippen LogP contribution in [0.2, 0.25) is 0 Å². The lowest BCUT2D eigenvalue weighted by Gasteiger charge is -2.30. The number of nitrogens with one attached hydrogen (secondary N) is 1. The summed E-state index contributed by atoms with van der Waals surface area (Å²) in [6.45, 7) is 4.36. The van der Waals surface area contributed by atoms with E-state index in [0.717, 1.165) is 37.7 Å². The van der Waals surface area contributed by atoms with Crippen molar-refractivity contribution in [1.29, 1.82) is 0 Å². The average Bonchev–Trinajstić information content (AvgIpc) is 2.84. The molecule has 2 fully saturated rings. The first kappa shape index (κ1) is 16.2. The van der Waals surface area contributed by atoms with E-state index < -0.39 is 0 Å². The molecule has 1 amide bonds. The molecule has 5 heteroatoms. The molecule has 126 valence electrons. The minimum Gasteiger partial charge on any atom is -0.355 e. The quantitative estimate of drug-likeness (QED) is 0.870. The van der Waals surface area contributed by atoms with Gasteiger partial charge in [0, 0.05) is 19.1 Å². The summed E-state index contributed by atoms with van der Waals surface area (Å²) in [7, 11) is 0. The molecule has 0 spiro atoms. The van der Waals surface area contributed by atoms with E-state index in [2.05, 4.69) is 27.3 Å². The van der Waals surface area contributed by atoms with Gasteiger partial charge in [0.1, 0.15) is 0 Å². The summed E-state index contributed by atoms with van der Waals surface area (Å²) in [6, 6.07) is 4.05. The van der Waals surface area contributed by atoms with Gasteiger partial charge in [-0.05, 0) is 43.7 Å². The molecule has 1 aliphatic heterocycles. The van der Waals surface area contributed by atoms with Crippen LogP contribution >= 0.6 is 0 Å². The number of amides is 1. The van der Waals surface area contributed by atoms with Gasteiger partial charge in [-0.3, -0.25) is 4.79 Å². The third-order valence-electron chi connectivity index (χ3n) is 5.18. The van der Waals surface area contributed by atoms with E-state index in [0.29, 0.717) is 11.7 Å². The second-order valence-corrected chi connectivity index (χ2v) is 7.11. The summed E-state index contributed by atoms with van der Waals surface area (Å²) in [4.78, 5) is 14.6. The lowest BCUT2D eigenvalue weighted by molar-refractivity contribution is 0.0927. The highest BCUT2D eigenvalue weighted by Crippen LogP contribution is 2.21. The van der Waals surface area contributed by atoms with Crippen LogP contribution in [0.5, 0.6) is 0 Å². The van der Waals surface area contributed by atoms with Crippen molar-refractivity contribution < 1.29 is 4.79 Å². The van der Waals surface area contributed by atoms with E-state index >= 15 is 0 Å². The van der Waals surface area contributed by atoms with Crippen LogP contribution in [0, 0.1) is 5.92 Å². The van der Waals surface area contributed by atoms with Gasteiger partial charge in [-0.1, -0.05) is 32.6 Å². The molecule has 1 N–H and O–H groups in total. The maximum atomic E-state index is 12.3. The van der Waals surface area contributed by atoms with E-state index in [4.69, 9.17) is 0 Å². The van der Waals surface area contributed by atoms with Crippen LogP contribution in [0.3, 0.4) is 0 Å². The van der Waals surface area contributed by atoms with Crippen LogP contribution in [-0.4, -0.2) is 35.2 Å². The maximum Gasteiger partial charge on any atom is 0.272 e. The van der Waals surface area contributed by atoms with Crippen molar-refractivity contribution >= 4 is 11.7 Å². The van der Waals surface area contributed by atoms with E-state index in [9.17, 15) is 4.79 Å². The standard InChI is InChI=1S/C18H28N4O/c1-14-10-12-22(13-11-14)17-9-8-16(20-21-17)18(23)19-15-6-4-2-3-5-7-15/h8-9,14-15H,2-7,10-13H2,1H3,(H,19,23). The Hall–Kier alpha value is -1.65. The number of rotatable bonds is 3. The summed E-state index contributed by atoms with van der Waals surface area (Å²) in [5.74, 6) is 1.61. The highest BCUT2D eigenvalue weighted by atomic mass is 16.2. The lowest BCUT2D eigenvalue weighted by Crippen LogP contribution is -2.36. The Kier molecular flexibility index (Phi) is 5.47. The van der Waals surface area contributed by atoms with Gasteiger partial charge in [0.15, 0.2) is 11.5 Å². The molecule has 1 aromatic rings. The zero-order chi connectivity index (χ0) is 16.1. The van der Waals surface area contributed by atoms with Crippen LogP contribution in [0.4, 0.5) is 5.82 Å². The Bertz CT molecular complexity index is 500. The van der Waals surface area contributed by atoms with Crippen molar-refractivity contribution in [3.8, 4) is 0 Å². The average molecular weight is 316 g/mol. The fraction of sp³-hybridized carbons (Fsp3) is 0.722. The fourth-order valence-corrected chi connectivity index (χ4v) is 3.54. The third kappa shape index (κ3) is 4.43. The van der Waals surface area contributed by atoms with Crippen molar-refractivity contribution in [3.05, 3.63) is 17.8 Å². The molecule has 23 heavy (non-hydrogen) atoms. The number of nitrogens with zero attached hydrogens (tertiary/aromatic N) is 3. The van der Waals surface area contributed by atoms with Crippen molar-refractivity contribution in [3.63, 3.8) is 0 Å². The first-order valence-electron chi connectivity index (χ1n) is 9.12. The number of carbonyl (C=O) groups excluding carboxylic acids is 1. The van der Waals surface area contributed by atoms with Crippen molar-refractivity contribution in [2.24, 2.45) is 5.92 Å². The van der Waals surface area contributed by atoms with Gasteiger partial charge < -0.3 is 10.2 Å². The molecule has 1 aromatic heterocycles. The number of piperidine rings is 1. The minimum atomic E-state index is -0.0804. The molecule has 1 aliphatic carbocycles. The highest BCUT2D eigenvalue weighted by molar-refractivity contribution is 5.92. The van der Waals surface area contributed by atoms with E-state index in [1.807, 2.05) is 12.1 Å². The molecule has 0 radical (unpaired) electrons. The summed E-state index contributed by atoms with van der Waals surface area (Å²) in [6.07, 6.45) is 9.57. The number of anilines is 1. The van der Waals surface area contributed by atoms with Crippen LogP contribution in [0.25, 0.3) is 0 Å². The lowest BCUT2D eigenvalue weighted by atomic mass is 9.99. The van der Waals surface area contributed by atoms with Crippen LogP contribution < -0.4 is 10.2 Å². The van der Waals surface area contributed by atoms with Gasteiger partial charge in [0.05, 0.1) is 0 Å². The molecule has 2 heterocycles. The molecule has 1 saturated carbocycles. The van der Waals surface area contributed by atoms with Gasteiger partial charge in [-0.15, -0.1) is 10.2 Å². The monoisotopic (exact) mass is 316 g/mol. The van der Waals surface area contributed by atoms with Gasteiger partial charge >= 0.3 is 0 Å². The second kappa shape index (κ2) is 7.75. The Morgan fingerprint density at radius 3 is 2.35 bits per heavy atom. The largest absolute Gasteiger partial charge is 0.355 e. The number of carbonyl (C=O) groups is 1. The first-order valence-corrected chi connectivity index (χ1v) is 9.12. The molecular weight excluding hydrogens is 288 g/mol. The van der Waals surface area contributed by atoms with Gasteiger partial charge in [0.25, 0.3) is 5.91 Å². The first-order chi connectivity index (χ1) is 11.2. The van der Waals surface area contributed by atoms with Crippen molar-refractivity contribution in [2.75, 3.05) is 18.0 Å². The highest BCUT2D eigenvalue weighted by Gasteiger charge is 2.19. The molecule has 1 saturated heterocycles. The van der Waals surface area contributed by atoms with Crippen LogP contribution in [0.15, 0.2) is 12.1 Å². The predicted octanol–water partition coefficient (Wildman–Crippen LogP) is 3.17. The Morgan fingerprint density at radius 2 is 1.74 bits per heavy atom. The molecule has 2 aliphatic rings. The fourth-order valence-electron chi connectivity index (χ4n) is 3.54. The molecule has 0 aromatic carbocycles. The Morgan fingerprint density at radius 1 is 1.04 bits per heavy atom. The summed E-state index contributed by atoms with van der Waals surface area (Å²) in [5.41, 5.74) is 0.434. The molecule has 3 rings (SSSR count). The molecule has 0 unspecified atom stereocenters. The zero-order valence-corrected chi connectivity index (χ0v) is 14.1. The predicted molar refractivity (Wildman–Crippen MR) is 91.6 cm³/mol.